The lowest BCUT2D eigenvalue weighted by molar-refractivity contribution is 0.371. The van der Waals surface area contributed by atoms with Crippen LogP contribution < -0.4 is 0 Å². The van der Waals surface area contributed by atoms with Crippen LogP contribution in [0, 0.1) is 0 Å². The van der Waals surface area contributed by atoms with Gasteiger partial charge in [-0.2, -0.15) is 11.5 Å². The molecule has 1 nitrogen and oxygen atoms in total. The van der Waals surface area contributed by atoms with Crippen LogP contribution in [0.1, 0.15) is 6.92 Å². The summed E-state index contributed by atoms with van der Waals surface area (Å²) in [6.07, 6.45) is 0. The number of hydrogen-bond acceptors (Lipinski definition) is 1. The second kappa shape index (κ2) is 4.31. The van der Waals surface area contributed by atoms with E-state index in [0.717, 1.165) is 6.90 Å². The highest BCUT2D eigenvalue weighted by Crippen LogP contribution is 1.69. The van der Waals surface area contributed by atoms with Gasteiger partial charge in [-0.05, 0) is 6.92 Å². The molecule has 0 aromatic carbocycles. The molecule has 0 bridgehead atoms. The van der Waals surface area contributed by atoms with Gasteiger partial charge in [-0.15, -0.1) is 0 Å². The zero-order chi connectivity index (χ0) is 4.12. The van der Waals surface area contributed by atoms with E-state index in [1.165, 1.54) is 0 Å². The first-order chi connectivity index (χ1) is 2.41. The first-order valence-electron chi connectivity index (χ1n) is 1.45. The average molecular weight is 91.3 g/mol. The van der Waals surface area contributed by atoms with E-state index in [4.69, 9.17) is 11.5 Å². The molecule has 0 spiro atoms. The van der Waals surface area contributed by atoms with Gasteiger partial charge in [0.1, 0.15) is 0 Å². The predicted octanol–water partition coefficient (Wildman–Crippen LogP) is 0.796. The Balaban J connectivity index is 2.19. The summed E-state index contributed by atoms with van der Waals surface area (Å²) in [5.41, 5.74) is 0. The normalized spacial score (nSPS) is 7.60. The van der Waals surface area contributed by atoms with Crippen molar-refractivity contribution in [2.24, 2.45) is 0 Å². The zero-order valence-electron chi connectivity index (χ0n) is 3.07. The van der Waals surface area contributed by atoms with Gasteiger partial charge in [0.2, 0.25) is 0 Å². The molecular weight excluding hydrogens is 86.3 g/mol. The van der Waals surface area contributed by atoms with Crippen molar-refractivity contribution in [2.75, 3.05) is 6.61 Å². The van der Waals surface area contributed by atoms with Crippen LogP contribution >= 0.6 is 11.5 Å². The second-order valence-electron chi connectivity index (χ2n) is 0.544. The molecule has 0 aliphatic carbocycles. The van der Waals surface area contributed by atoms with Crippen LogP contribution in [0.3, 0.4) is 0 Å². The van der Waals surface area contributed by atoms with Crippen molar-refractivity contribution in [3.05, 3.63) is 0 Å². The number of halogens is 1. The molecule has 0 heterocycles. The minimum atomic E-state index is 0.656. The van der Waals surface area contributed by atoms with Gasteiger partial charge in [-0.1, -0.05) is 0 Å². The Morgan fingerprint density at radius 3 is 2.60 bits per heavy atom. The van der Waals surface area contributed by atoms with Gasteiger partial charge in [0.15, 0.2) is 0 Å². The molecule has 0 rings (SSSR count). The van der Waals surface area contributed by atoms with Crippen LogP contribution in [-0.4, -0.2) is 13.5 Å². The third-order valence-electron chi connectivity index (χ3n) is 0.230. The first-order valence-corrected chi connectivity index (χ1v) is 1.89. The zero-order valence-corrected chi connectivity index (χ0v) is 3.83. The molecule has 0 fully saturated rings. The van der Waals surface area contributed by atoms with E-state index in [9.17, 15) is 0 Å². The SMILES string of the molecule is CCO[B]Cl. The van der Waals surface area contributed by atoms with E-state index >= 15 is 0 Å². The van der Waals surface area contributed by atoms with Crippen molar-refractivity contribution in [2.45, 2.75) is 6.92 Å². The second-order valence-corrected chi connectivity index (χ2v) is 0.723. The molecule has 0 aliphatic rings. The van der Waals surface area contributed by atoms with Crippen LogP contribution in [0.25, 0.3) is 0 Å². The van der Waals surface area contributed by atoms with E-state index in [0.29, 0.717) is 6.61 Å². The van der Waals surface area contributed by atoms with Crippen molar-refractivity contribution in [3.63, 3.8) is 0 Å². The molecule has 3 heteroatoms. The van der Waals surface area contributed by atoms with Gasteiger partial charge in [0.05, 0.1) is 0 Å². The minimum absolute atomic E-state index is 0.656. The fourth-order valence-electron chi connectivity index (χ4n) is 0.0630. The van der Waals surface area contributed by atoms with Crippen LogP contribution in [0.2, 0.25) is 0 Å². The fraction of sp³-hybridized carbons (Fsp3) is 1.00. The molecule has 29 valence electrons. The molecule has 0 saturated heterocycles. The predicted molar refractivity (Wildman–Crippen MR) is 23.2 cm³/mol. The fourth-order valence-corrected chi connectivity index (χ4v) is 0.189. The van der Waals surface area contributed by atoms with Crippen LogP contribution in [0.4, 0.5) is 0 Å². The lowest BCUT2D eigenvalue weighted by atomic mass is 10.5. The van der Waals surface area contributed by atoms with E-state index in [2.05, 4.69) is 4.65 Å². The summed E-state index contributed by atoms with van der Waals surface area (Å²) < 4.78 is 4.47. The largest absolute Gasteiger partial charge is 0.425 e. The van der Waals surface area contributed by atoms with Crippen molar-refractivity contribution in [3.8, 4) is 0 Å². The van der Waals surface area contributed by atoms with Gasteiger partial charge in [0.25, 0.3) is 0 Å². The van der Waals surface area contributed by atoms with Gasteiger partial charge < -0.3 is 4.65 Å². The summed E-state index contributed by atoms with van der Waals surface area (Å²) in [5, 5.41) is 0. The Morgan fingerprint density at radius 1 is 2.00 bits per heavy atom. The van der Waals surface area contributed by atoms with Crippen molar-refractivity contribution >= 4 is 18.4 Å². The molecule has 5 heavy (non-hydrogen) atoms. The molecule has 0 saturated carbocycles. The summed E-state index contributed by atoms with van der Waals surface area (Å²) in [6, 6.07) is 0. The van der Waals surface area contributed by atoms with Crippen LogP contribution in [0.5, 0.6) is 0 Å². The minimum Gasteiger partial charge on any atom is -0.425 e. The molecular formula is C2H5BClO. The Morgan fingerprint density at radius 2 is 2.60 bits per heavy atom. The number of rotatable bonds is 2. The molecule has 1 radical (unpaired) electrons. The average Bonchev–Trinajstić information content (AvgIpc) is 1.41. The Hall–Kier alpha value is 0.315. The lowest BCUT2D eigenvalue weighted by Gasteiger charge is -1.82. The van der Waals surface area contributed by atoms with E-state index < -0.39 is 0 Å². The summed E-state index contributed by atoms with van der Waals surface area (Å²) in [5.74, 6) is 0. The highest BCUT2D eigenvalue weighted by atomic mass is 35.5. The Labute approximate surface area is 37.5 Å². The first kappa shape index (κ1) is 5.31. The molecule has 0 unspecified atom stereocenters. The molecule has 0 aliphatic heterocycles. The summed E-state index contributed by atoms with van der Waals surface area (Å²) in [6.45, 7) is 3.68. The maximum absolute atomic E-state index is 4.95. The monoisotopic (exact) mass is 91.0 g/mol. The van der Waals surface area contributed by atoms with E-state index in [1.807, 2.05) is 6.92 Å². The van der Waals surface area contributed by atoms with Gasteiger partial charge in [0, 0.05) is 6.61 Å². The lowest BCUT2D eigenvalue weighted by Crippen LogP contribution is -1.86. The van der Waals surface area contributed by atoms with Crippen molar-refractivity contribution in [1.29, 1.82) is 0 Å². The van der Waals surface area contributed by atoms with Gasteiger partial charge in [-0.25, -0.2) is 0 Å². The topological polar surface area (TPSA) is 9.23 Å². The summed E-state index contributed by atoms with van der Waals surface area (Å²) in [7, 11) is 0. The molecule has 0 amide bonds. The van der Waals surface area contributed by atoms with Crippen molar-refractivity contribution < 1.29 is 4.65 Å². The highest BCUT2D eigenvalue weighted by molar-refractivity contribution is 6.89. The van der Waals surface area contributed by atoms with Crippen molar-refractivity contribution in [1.82, 2.24) is 0 Å². The summed E-state index contributed by atoms with van der Waals surface area (Å²) in [4.78, 5) is 0. The van der Waals surface area contributed by atoms with E-state index in [-0.39, 0.29) is 0 Å². The van der Waals surface area contributed by atoms with Crippen LogP contribution in [0.15, 0.2) is 0 Å². The molecule has 0 atom stereocenters. The smallest absolute Gasteiger partial charge is 0.414 e. The Bertz CT molecular complexity index is 17.1. The van der Waals surface area contributed by atoms with Gasteiger partial charge in [-0.3, -0.25) is 0 Å². The standard InChI is InChI=1S/C2H5BClO/c1-2-5-3-4/h2H2,1H3. The summed E-state index contributed by atoms with van der Waals surface area (Å²) >= 11 is 4.95. The maximum Gasteiger partial charge on any atom is 0.414 e. The van der Waals surface area contributed by atoms with Crippen LogP contribution in [-0.2, 0) is 4.65 Å². The molecule has 0 N–H and O–H groups in total. The Kier molecular flexibility index (Phi) is 4.59. The van der Waals surface area contributed by atoms with Gasteiger partial charge >= 0.3 is 6.90 Å². The quantitative estimate of drug-likeness (QED) is 0.457. The third-order valence-corrected chi connectivity index (χ3v) is 0.356. The maximum atomic E-state index is 4.95. The third kappa shape index (κ3) is 4.31. The molecule has 0 aromatic rings. The van der Waals surface area contributed by atoms with E-state index in [1.54, 1.807) is 0 Å². The molecule has 0 aromatic heterocycles. The highest BCUT2D eigenvalue weighted by Gasteiger charge is 1.73. The number of hydrogen-bond donors (Lipinski definition) is 0.